The highest BCUT2D eigenvalue weighted by molar-refractivity contribution is 6.89. The van der Waals surface area contributed by atoms with Crippen LogP contribution in [0.25, 0.3) is 70.8 Å². The van der Waals surface area contributed by atoms with Crippen LogP contribution in [0, 0.1) is 0 Å². The summed E-state index contributed by atoms with van der Waals surface area (Å²) in [5, 5.41) is 12.9. The summed E-state index contributed by atoms with van der Waals surface area (Å²) in [7, 11) is -2.94. The summed E-state index contributed by atoms with van der Waals surface area (Å²) in [6.45, 7) is 21.4. The van der Waals surface area contributed by atoms with Crippen LogP contribution in [0.3, 0.4) is 0 Å². The average Bonchev–Trinajstić information content (AvgIpc) is 3.85. The third kappa shape index (κ3) is 7.89. The predicted molar refractivity (Wildman–Crippen MR) is 316 cm³/mol. The van der Waals surface area contributed by atoms with E-state index < -0.39 is 16.1 Å². The lowest BCUT2D eigenvalue weighted by Gasteiger charge is -2.27. The van der Waals surface area contributed by atoms with Gasteiger partial charge in [-0.05, 0) is 153 Å². The molecule has 10 aromatic carbocycles. The summed E-state index contributed by atoms with van der Waals surface area (Å²) in [4.78, 5) is 4.80. The zero-order valence-corrected chi connectivity index (χ0v) is 44.5. The first kappa shape index (κ1) is 44.7. The van der Waals surface area contributed by atoms with Crippen molar-refractivity contribution in [3.8, 4) is 11.1 Å². The summed E-state index contributed by atoms with van der Waals surface area (Å²) >= 11 is 0. The Kier molecular flexibility index (Phi) is 10.4. The maximum atomic E-state index is 2.56. The van der Waals surface area contributed by atoms with E-state index in [-0.39, 0.29) is 5.41 Å². The molecule has 0 spiro atoms. The molecule has 0 amide bonds. The van der Waals surface area contributed by atoms with Gasteiger partial charge in [0, 0.05) is 55.7 Å². The van der Waals surface area contributed by atoms with E-state index in [1.807, 2.05) is 0 Å². The molecule has 12 aromatic rings. The zero-order chi connectivity index (χ0) is 49.0. The van der Waals surface area contributed by atoms with Gasteiger partial charge in [-0.15, -0.1) is 0 Å². The highest BCUT2D eigenvalue weighted by Crippen LogP contribution is 2.46. The van der Waals surface area contributed by atoms with Gasteiger partial charge in [-0.25, -0.2) is 0 Å². The Labute approximate surface area is 420 Å². The van der Waals surface area contributed by atoms with Crippen molar-refractivity contribution in [1.82, 2.24) is 4.40 Å². The predicted octanol–water partition coefficient (Wildman–Crippen LogP) is 18.1. The van der Waals surface area contributed by atoms with Crippen LogP contribution in [0.2, 0.25) is 39.3 Å². The molecule has 5 heteroatoms. The molecule has 0 saturated carbocycles. The van der Waals surface area contributed by atoms with Crippen LogP contribution >= 0.6 is 0 Å². The standard InChI is InChI=1S/C66H61N3Si2/c1-66(2,3)50-24-20-44(21-25-50)49-40-61-59-38-45-22-26-55(67(51-16-12-10-13-17-51)53-28-32-57(33-29-53)70(4,5)6)36-47(45)42-63(59)69-64-43-48-37-56(27-23-46(48)39-60(64)62(41-49)65(61)69)68(52-18-14-11-15-19-52)54-30-34-58(35-31-54)71(7,8)9/h10-43H,1-9H3. The van der Waals surface area contributed by atoms with Gasteiger partial charge in [0.1, 0.15) is 0 Å². The highest BCUT2D eigenvalue weighted by Gasteiger charge is 2.24. The Hall–Kier alpha value is -7.45. The first-order chi connectivity index (χ1) is 34.1. The van der Waals surface area contributed by atoms with Gasteiger partial charge in [-0.3, -0.25) is 0 Å². The second-order valence-corrected chi connectivity index (χ2v) is 33.0. The number of hydrogen-bond acceptors (Lipinski definition) is 2. The summed E-state index contributed by atoms with van der Waals surface area (Å²) in [6, 6.07) is 78.1. The van der Waals surface area contributed by atoms with Gasteiger partial charge in [0.15, 0.2) is 0 Å². The molecule has 2 aromatic heterocycles. The molecule has 0 unspecified atom stereocenters. The maximum Gasteiger partial charge on any atom is 0.0775 e. The van der Waals surface area contributed by atoms with Gasteiger partial charge in [-0.2, -0.15) is 0 Å². The SMILES string of the molecule is CC(C)(C)c1ccc(-c2cc3c4cc5ccc(N(c6ccccc6)c6ccc([Si](C)(C)C)cc6)cc5cc4n4c5cc6cc(N(c7ccccc7)c7ccc([Si](C)(C)C)cc7)ccc6cc5c(c2)c34)cc1. The van der Waals surface area contributed by atoms with Gasteiger partial charge in [0.25, 0.3) is 0 Å². The largest absolute Gasteiger partial charge is 0.310 e. The molecular formula is C66H61N3Si2. The van der Waals surface area contributed by atoms with Gasteiger partial charge in [0.05, 0.1) is 32.7 Å². The molecule has 0 N–H and O–H groups in total. The molecular weight excluding hydrogens is 891 g/mol. The molecule has 3 nitrogen and oxygen atoms in total. The lowest BCUT2D eigenvalue weighted by atomic mass is 9.86. The van der Waals surface area contributed by atoms with Crippen molar-refractivity contribution >= 4 is 120 Å². The lowest BCUT2D eigenvalue weighted by molar-refractivity contribution is 0.590. The quantitative estimate of drug-likeness (QED) is 0.134. The van der Waals surface area contributed by atoms with Crippen molar-refractivity contribution in [2.75, 3.05) is 9.80 Å². The molecule has 0 radical (unpaired) electrons. The first-order valence-electron chi connectivity index (χ1n) is 25.2. The molecule has 0 aliphatic rings. The Morgan fingerprint density at radius 2 is 0.732 bits per heavy atom. The summed E-state index contributed by atoms with van der Waals surface area (Å²) in [6.07, 6.45) is 0. The fourth-order valence-electron chi connectivity index (χ4n) is 10.9. The Morgan fingerprint density at radius 3 is 1.13 bits per heavy atom. The molecule has 0 saturated heterocycles. The van der Waals surface area contributed by atoms with Crippen LogP contribution in [0.5, 0.6) is 0 Å². The number of benzene rings is 10. The number of nitrogens with zero attached hydrogens (tertiary/aromatic N) is 3. The third-order valence-electron chi connectivity index (χ3n) is 14.9. The maximum absolute atomic E-state index is 2.56. The second kappa shape index (κ2) is 16.6. The van der Waals surface area contributed by atoms with Crippen molar-refractivity contribution in [3.63, 3.8) is 0 Å². The lowest BCUT2D eigenvalue weighted by Crippen LogP contribution is -2.37. The summed E-state index contributed by atoms with van der Waals surface area (Å²) < 4.78 is 2.56. The zero-order valence-electron chi connectivity index (χ0n) is 42.5. The molecule has 0 fully saturated rings. The van der Waals surface area contributed by atoms with E-state index >= 15 is 0 Å². The number of para-hydroxylation sites is 2. The number of rotatable bonds is 9. The van der Waals surface area contributed by atoms with Gasteiger partial charge >= 0.3 is 0 Å². The van der Waals surface area contributed by atoms with Crippen LogP contribution in [0.1, 0.15) is 26.3 Å². The molecule has 0 atom stereocenters. The van der Waals surface area contributed by atoms with E-state index in [1.54, 1.807) is 0 Å². The first-order valence-corrected chi connectivity index (χ1v) is 32.2. The van der Waals surface area contributed by atoms with Crippen LogP contribution in [0.15, 0.2) is 206 Å². The summed E-state index contributed by atoms with van der Waals surface area (Å²) in [5.74, 6) is 0. The molecule has 0 aliphatic carbocycles. The smallest absolute Gasteiger partial charge is 0.0775 e. The number of aromatic nitrogens is 1. The summed E-state index contributed by atoms with van der Waals surface area (Å²) in [5.41, 5.74) is 14.5. The van der Waals surface area contributed by atoms with Gasteiger partial charge < -0.3 is 14.2 Å². The van der Waals surface area contributed by atoms with E-state index in [4.69, 9.17) is 0 Å². The molecule has 0 aliphatic heterocycles. The molecule has 71 heavy (non-hydrogen) atoms. The number of anilines is 6. The third-order valence-corrected chi connectivity index (χ3v) is 19.0. The van der Waals surface area contributed by atoms with Crippen molar-refractivity contribution < 1.29 is 0 Å². The van der Waals surface area contributed by atoms with Crippen LogP contribution in [-0.4, -0.2) is 20.5 Å². The number of hydrogen-bond donors (Lipinski definition) is 0. The van der Waals surface area contributed by atoms with E-state index in [0.29, 0.717) is 0 Å². The van der Waals surface area contributed by atoms with Crippen LogP contribution < -0.4 is 20.2 Å². The van der Waals surface area contributed by atoms with E-state index in [2.05, 4.69) is 281 Å². The van der Waals surface area contributed by atoms with Crippen molar-refractivity contribution in [2.24, 2.45) is 0 Å². The molecule has 12 rings (SSSR count). The topological polar surface area (TPSA) is 10.9 Å². The minimum Gasteiger partial charge on any atom is -0.310 e. The van der Waals surface area contributed by atoms with Crippen molar-refractivity contribution in [1.29, 1.82) is 0 Å². The molecule has 2 heterocycles. The highest BCUT2D eigenvalue weighted by atomic mass is 28.3. The fourth-order valence-corrected chi connectivity index (χ4v) is 13.2. The molecule has 348 valence electrons. The Bertz CT molecular complexity index is 3720. The Balaban J connectivity index is 1.08. The minimum atomic E-state index is -1.47. The normalized spacial score (nSPS) is 12.6. The van der Waals surface area contributed by atoms with Crippen molar-refractivity contribution in [2.45, 2.75) is 65.5 Å². The van der Waals surface area contributed by atoms with Crippen LogP contribution in [-0.2, 0) is 5.41 Å². The molecule has 0 bridgehead atoms. The van der Waals surface area contributed by atoms with Crippen molar-refractivity contribution in [3.05, 3.63) is 212 Å². The van der Waals surface area contributed by atoms with Gasteiger partial charge in [0.2, 0.25) is 0 Å². The van der Waals surface area contributed by atoms with E-state index in [1.165, 1.54) is 86.7 Å². The van der Waals surface area contributed by atoms with Gasteiger partial charge in [-0.1, -0.05) is 167 Å². The Morgan fingerprint density at radius 1 is 0.338 bits per heavy atom. The van der Waals surface area contributed by atoms with Crippen LogP contribution in [0.4, 0.5) is 34.1 Å². The number of fused-ring (bicyclic) bond motifs is 8. The van der Waals surface area contributed by atoms with E-state index in [0.717, 1.165) is 34.1 Å². The monoisotopic (exact) mass is 951 g/mol. The van der Waals surface area contributed by atoms with E-state index in [9.17, 15) is 0 Å². The second-order valence-electron chi connectivity index (χ2n) is 22.8. The average molecular weight is 952 g/mol. The minimum absolute atomic E-state index is 0.0809. The fraction of sp³-hybridized carbons (Fsp3) is 0.152.